The molecular formula is C11H15NO2S. The Labute approximate surface area is 93.7 Å². The summed E-state index contributed by atoms with van der Waals surface area (Å²) < 4.78 is 4.76. The van der Waals surface area contributed by atoms with Gasteiger partial charge in [0.1, 0.15) is 0 Å². The van der Waals surface area contributed by atoms with Gasteiger partial charge in [-0.25, -0.2) is 0 Å². The largest absolute Gasteiger partial charge is 0.469 e. The molecule has 15 heavy (non-hydrogen) atoms. The van der Waals surface area contributed by atoms with Crippen LogP contribution in [0.1, 0.15) is 12.8 Å². The van der Waals surface area contributed by atoms with Gasteiger partial charge >= 0.3 is 5.97 Å². The van der Waals surface area contributed by atoms with Gasteiger partial charge in [-0.2, -0.15) is 0 Å². The Kier molecular flexibility index (Phi) is 3.26. The molecule has 0 aromatic carbocycles. The number of carbonyl (C=O) groups is 1. The van der Waals surface area contributed by atoms with Crippen molar-refractivity contribution in [1.29, 1.82) is 0 Å². The van der Waals surface area contributed by atoms with Gasteiger partial charge in [0.05, 0.1) is 18.0 Å². The van der Waals surface area contributed by atoms with Crippen molar-refractivity contribution in [2.75, 3.05) is 25.1 Å². The van der Waals surface area contributed by atoms with E-state index in [2.05, 4.69) is 22.4 Å². The van der Waals surface area contributed by atoms with Crippen LogP contribution in [0.15, 0.2) is 17.5 Å². The molecule has 0 bridgehead atoms. The quantitative estimate of drug-likeness (QED) is 0.722. The van der Waals surface area contributed by atoms with Gasteiger partial charge in [-0.05, 0) is 30.4 Å². The first-order chi connectivity index (χ1) is 7.31. The summed E-state index contributed by atoms with van der Waals surface area (Å²) in [6, 6.07) is 4.19. The molecule has 82 valence electrons. The molecule has 2 rings (SSSR count). The molecule has 1 aromatic rings. The van der Waals surface area contributed by atoms with Crippen molar-refractivity contribution in [1.82, 2.24) is 0 Å². The number of hydrogen-bond acceptors (Lipinski definition) is 4. The summed E-state index contributed by atoms with van der Waals surface area (Å²) in [5.41, 5.74) is 0. The van der Waals surface area contributed by atoms with E-state index in [0.29, 0.717) is 0 Å². The number of hydrogen-bond donors (Lipinski definition) is 0. The summed E-state index contributed by atoms with van der Waals surface area (Å²) in [5.74, 6) is 0.0482. The van der Waals surface area contributed by atoms with Crippen molar-refractivity contribution in [2.24, 2.45) is 5.92 Å². The van der Waals surface area contributed by atoms with Gasteiger partial charge in [-0.3, -0.25) is 4.79 Å². The monoisotopic (exact) mass is 225 g/mol. The normalized spacial score (nSPS) is 17.8. The second-order valence-corrected chi connectivity index (χ2v) is 4.66. The molecule has 0 N–H and O–H groups in total. The summed E-state index contributed by atoms with van der Waals surface area (Å²) in [6.45, 7) is 1.92. The summed E-state index contributed by atoms with van der Waals surface area (Å²) in [6.07, 6.45) is 1.81. The zero-order valence-corrected chi connectivity index (χ0v) is 9.63. The first-order valence-electron chi connectivity index (χ1n) is 5.17. The second-order valence-electron chi connectivity index (χ2n) is 3.74. The fraction of sp³-hybridized carbons (Fsp3) is 0.545. The fourth-order valence-electron chi connectivity index (χ4n) is 1.95. The third-order valence-electron chi connectivity index (χ3n) is 2.85. The molecule has 0 radical (unpaired) electrons. The minimum Gasteiger partial charge on any atom is -0.469 e. The highest BCUT2D eigenvalue weighted by molar-refractivity contribution is 7.14. The first kappa shape index (κ1) is 10.5. The van der Waals surface area contributed by atoms with Crippen molar-refractivity contribution < 1.29 is 9.53 Å². The highest BCUT2D eigenvalue weighted by atomic mass is 32.1. The van der Waals surface area contributed by atoms with Gasteiger partial charge in [0.15, 0.2) is 0 Å². The molecule has 1 aliphatic heterocycles. The van der Waals surface area contributed by atoms with Gasteiger partial charge < -0.3 is 9.64 Å². The molecule has 0 amide bonds. The fourth-order valence-corrected chi connectivity index (χ4v) is 2.74. The number of piperidine rings is 1. The molecular weight excluding hydrogens is 210 g/mol. The minimum atomic E-state index is -0.0548. The van der Waals surface area contributed by atoms with Crippen molar-refractivity contribution in [2.45, 2.75) is 12.8 Å². The number of nitrogens with zero attached hydrogens (tertiary/aromatic N) is 1. The highest BCUT2D eigenvalue weighted by Crippen LogP contribution is 2.27. The molecule has 1 saturated heterocycles. The van der Waals surface area contributed by atoms with Crippen LogP contribution in [0.5, 0.6) is 0 Å². The number of methoxy groups -OCH3 is 1. The lowest BCUT2D eigenvalue weighted by atomic mass is 9.97. The smallest absolute Gasteiger partial charge is 0.308 e. The molecule has 0 spiro atoms. The van der Waals surface area contributed by atoms with Crippen molar-refractivity contribution in [3.05, 3.63) is 17.5 Å². The minimum absolute atomic E-state index is 0.0548. The van der Waals surface area contributed by atoms with Crippen LogP contribution in [-0.2, 0) is 9.53 Å². The Morgan fingerprint density at radius 2 is 2.27 bits per heavy atom. The zero-order chi connectivity index (χ0) is 10.7. The summed E-state index contributed by atoms with van der Waals surface area (Å²) in [5, 5.41) is 3.39. The number of thiophene rings is 1. The molecule has 1 fully saturated rings. The molecule has 0 atom stereocenters. The van der Waals surface area contributed by atoms with E-state index >= 15 is 0 Å². The Morgan fingerprint density at radius 1 is 1.53 bits per heavy atom. The van der Waals surface area contributed by atoms with Crippen LogP contribution in [0.4, 0.5) is 5.00 Å². The van der Waals surface area contributed by atoms with Crippen LogP contribution in [-0.4, -0.2) is 26.2 Å². The van der Waals surface area contributed by atoms with Gasteiger partial charge in [-0.1, -0.05) is 0 Å². The number of esters is 1. The molecule has 1 aliphatic rings. The molecule has 0 unspecified atom stereocenters. The van der Waals surface area contributed by atoms with Gasteiger partial charge in [-0.15, -0.1) is 11.3 Å². The van der Waals surface area contributed by atoms with Crippen LogP contribution in [0.25, 0.3) is 0 Å². The van der Waals surface area contributed by atoms with Gasteiger partial charge in [0, 0.05) is 13.1 Å². The summed E-state index contributed by atoms with van der Waals surface area (Å²) in [4.78, 5) is 13.7. The third-order valence-corrected chi connectivity index (χ3v) is 3.78. The van der Waals surface area contributed by atoms with Gasteiger partial charge in [0.2, 0.25) is 0 Å². The van der Waals surface area contributed by atoms with Crippen LogP contribution in [0, 0.1) is 5.92 Å². The predicted octanol–water partition coefficient (Wildman–Crippen LogP) is 2.14. The summed E-state index contributed by atoms with van der Waals surface area (Å²) in [7, 11) is 1.47. The van der Waals surface area contributed by atoms with Crippen LogP contribution in [0.3, 0.4) is 0 Å². The molecule has 0 saturated carbocycles. The van der Waals surface area contributed by atoms with Crippen LogP contribution < -0.4 is 4.90 Å². The van der Waals surface area contributed by atoms with E-state index in [1.54, 1.807) is 11.3 Å². The Balaban J connectivity index is 1.90. The standard InChI is InChI=1S/C11H15NO2S/c1-14-11(13)9-4-6-12(7-5-9)10-3-2-8-15-10/h2-3,8-9H,4-7H2,1H3. The van der Waals surface area contributed by atoms with E-state index in [0.717, 1.165) is 25.9 Å². The second kappa shape index (κ2) is 4.66. The average Bonchev–Trinajstić information content (AvgIpc) is 2.82. The van der Waals surface area contributed by atoms with Crippen molar-refractivity contribution in [3.8, 4) is 0 Å². The maximum absolute atomic E-state index is 11.3. The Bertz CT molecular complexity index is 315. The van der Waals surface area contributed by atoms with E-state index in [-0.39, 0.29) is 11.9 Å². The average molecular weight is 225 g/mol. The van der Waals surface area contributed by atoms with Crippen molar-refractivity contribution in [3.63, 3.8) is 0 Å². The molecule has 3 nitrogen and oxygen atoms in total. The lowest BCUT2D eigenvalue weighted by molar-refractivity contribution is -0.146. The first-order valence-corrected chi connectivity index (χ1v) is 6.05. The number of anilines is 1. The van der Waals surface area contributed by atoms with Crippen molar-refractivity contribution >= 4 is 22.3 Å². The topological polar surface area (TPSA) is 29.5 Å². The number of rotatable bonds is 2. The number of carbonyl (C=O) groups excluding carboxylic acids is 1. The number of ether oxygens (including phenoxy) is 1. The molecule has 1 aromatic heterocycles. The van der Waals surface area contributed by atoms with Crippen LogP contribution in [0.2, 0.25) is 0 Å². The highest BCUT2D eigenvalue weighted by Gasteiger charge is 2.25. The maximum Gasteiger partial charge on any atom is 0.308 e. The van der Waals surface area contributed by atoms with E-state index < -0.39 is 0 Å². The maximum atomic E-state index is 11.3. The van der Waals surface area contributed by atoms with Crippen LogP contribution >= 0.6 is 11.3 Å². The van der Waals surface area contributed by atoms with Gasteiger partial charge in [0.25, 0.3) is 0 Å². The van der Waals surface area contributed by atoms with E-state index in [1.165, 1.54) is 12.1 Å². The summed E-state index contributed by atoms with van der Waals surface area (Å²) >= 11 is 1.75. The van der Waals surface area contributed by atoms with E-state index in [4.69, 9.17) is 4.74 Å². The molecule has 4 heteroatoms. The third kappa shape index (κ3) is 2.31. The van der Waals surface area contributed by atoms with E-state index in [9.17, 15) is 4.79 Å². The SMILES string of the molecule is COC(=O)C1CCN(c2cccs2)CC1. The zero-order valence-electron chi connectivity index (χ0n) is 8.81. The molecule has 0 aliphatic carbocycles. The van der Waals surface area contributed by atoms with E-state index in [1.807, 2.05) is 0 Å². The molecule has 2 heterocycles. The lowest BCUT2D eigenvalue weighted by Crippen LogP contribution is -2.36. The predicted molar refractivity (Wildman–Crippen MR) is 61.3 cm³/mol. The Hall–Kier alpha value is -1.03. The lowest BCUT2D eigenvalue weighted by Gasteiger charge is -2.31. The Morgan fingerprint density at radius 3 is 2.80 bits per heavy atom.